The van der Waals surface area contributed by atoms with Gasteiger partial charge in [0, 0.05) is 12.5 Å². The van der Waals surface area contributed by atoms with Gasteiger partial charge in [-0.15, -0.1) is 0 Å². The second-order valence-corrected chi connectivity index (χ2v) is 10.8. The van der Waals surface area contributed by atoms with Crippen LogP contribution in [0.5, 0.6) is 0 Å². The Balaban J connectivity index is 0.00000242. The van der Waals surface area contributed by atoms with E-state index in [1.54, 1.807) is 20.8 Å². The van der Waals surface area contributed by atoms with Crippen molar-refractivity contribution in [3.05, 3.63) is 35.9 Å². The number of benzene rings is 1. The van der Waals surface area contributed by atoms with E-state index in [9.17, 15) is 19.5 Å². The zero-order valence-corrected chi connectivity index (χ0v) is 22.7. The maximum absolute atomic E-state index is 13.1. The van der Waals surface area contributed by atoms with Gasteiger partial charge >= 0.3 is 25.3 Å². The summed E-state index contributed by atoms with van der Waals surface area (Å²) in [6, 6.07) is 8.69. The third-order valence-corrected chi connectivity index (χ3v) is 6.60. The highest BCUT2D eigenvalue weighted by Crippen LogP contribution is 2.38. The molecule has 1 aliphatic rings. The Labute approximate surface area is 228 Å². The summed E-state index contributed by atoms with van der Waals surface area (Å²) in [5, 5.41) is 33.6. The zero-order chi connectivity index (χ0) is 29.6. The molecule has 216 valence electrons. The first-order chi connectivity index (χ1) is 18.2. The number of nitrogens with one attached hydrogen (secondary N) is 2. The van der Waals surface area contributed by atoms with Crippen LogP contribution in [0.4, 0.5) is 4.79 Å². The van der Waals surface area contributed by atoms with Crippen molar-refractivity contribution in [2.45, 2.75) is 82.8 Å². The Bertz CT molecular complexity index is 965. The van der Waals surface area contributed by atoms with E-state index in [-0.39, 0.29) is 31.4 Å². The molecule has 12 nitrogen and oxygen atoms in total. The number of hydrogen-bond donors (Lipinski definition) is 6. The van der Waals surface area contributed by atoms with Crippen LogP contribution in [0, 0.1) is 11.8 Å². The van der Waals surface area contributed by atoms with Crippen LogP contribution in [0.3, 0.4) is 0 Å². The topological polar surface area (TPSA) is 205 Å². The molecule has 4 atom stereocenters. The molecule has 0 aliphatic heterocycles. The van der Waals surface area contributed by atoms with Crippen molar-refractivity contribution in [1.29, 1.82) is 0 Å². The number of alkyl carbamates (subject to hydrolysis) is 1. The van der Waals surface area contributed by atoms with E-state index in [1.807, 2.05) is 30.3 Å². The molecule has 1 aromatic carbocycles. The highest BCUT2D eigenvalue weighted by Gasteiger charge is 2.47. The molecule has 0 aromatic heterocycles. The lowest BCUT2D eigenvalue weighted by Crippen LogP contribution is -2.60. The van der Waals surface area contributed by atoms with E-state index < -0.39 is 48.2 Å². The maximum Gasteiger partial charge on any atom is 0.451 e. The van der Waals surface area contributed by atoms with Crippen LogP contribution < -0.4 is 16.4 Å². The average Bonchev–Trinajstić information content (AvgIpc) is 2.84. The van der Waals surface area contributed by atoms with Gasteiger partial charge in [0.25, 0.3) is 0 Å². The predicted octanol–water partition coefficient (Wildman–Crippen LogP) is 1.11. The highest BCUT2D eigenvalue weighted by molar-refractivity contribution is 6.40. The quantitative estimate of drug-likeness (QED) is 0.217. The van der Waals surface area contributed by atoms with Crippen molar-refractivity contribution in [3.63, 3.8) is 0 Å². The van der Waals surface area contributed by atoms with Crippen LogP contribution in [0.25, 0.3) is 0 Å². The second-order valence-electron chi connectivity index (χ2n) is 10.8. The fraction of sp³-hybridized carbons (Fsp3) is 0.615. The van der Waals surface area contributed by atoms with Gasteiger partial charge in [-0.3, -0.25) is 9.59 Å². The van der Waals surface area contributed by atoms with E-state index in [2.05, 4.69) is 10.6 Å². The summed E-state index contributed by atoms with van der Waals surface area (Å²) in [6.07, 6.45) is 2.37. The Kier molecular flexibility index (Phi) is 13.9. The SMILES string of the molecule is CC(C)(C)OC(=O)N[C@@H](CCc1ccccc1)C(=O)NC[C@@H]1CC[C@@H](CCB(O)O)C[C@]1(N)C(=O)O.O=C=O. The lowest BCUT2D eigenvalue weighted by molar-refractivity contribution is -0.191. The number of carboxylic acid groups (broad SMARTS) is 1. The predicted molar refractivity (Wildman–Crippen MR) is 141 cm³/mol. The highest BCUT2D eigenvalue weighted by atomic mass is 16.6. The number of aryl methyl sites for hydroxylation is 1. The van der Waals surface area contributed by atoms with Crippen molar-refractivity contribution in [2.75, 3.05) is 6.54 Å². The maximum atomic E-state index is 13.1. The lowest BCUT2D eigenvalue weighted by Gasteiger charge is -2.41. The van der Waals surface area contributed by atoms with Crippen LogP contribution >= 0.6 is 0 Å². The largest absolute Gasteiger partial charge is 0.480 e. The fourth-order valence-electron chi connectivity index (χ4n) is 4.64. The number of carbonyl (C=O) groups excluding carboxylic acids is 4. The monoisotopic (exact) mass is 549 g/mol. The number of nitrogens with two attached hydrogens (primary N) is 1. The van der Waals surface area contributed by atoms with E-state index in [0.29, 0.717) is 32.1 Å². The molecule has 0 saturated heterocycles. The van der Waals surface area contributed by atoms with Crippen molar-refractivity contribution in [1.82, 2.24) is 10.6 Å². The Morgan fingerprint density at radius 2 is 1.79 bits per heavy atom. The summed E-state index contributed by atoms with van der Waals surface area (Å²) in [7, 11) is -1.44. The minimum Gasteiger partial charge on any atom is -0.480 e. The summed E-state index contributed by atoms with van der Waals surface area (Å²) in [5.41, 5.74) is 5.06. The Morgan fingerprint density at radius 3 is 2.33 bits per heavy atom. The van der Waals surface area contributed by atoms with Crippen LogP contribution in [-0.4, -0.2) is 70.1 Å². The van der Waals surface area contributed by atoms with E-state index in [0.717, 1.165) is 5.56 Å². The standard InChI is InChI=1S/C25H40BN3O7.CO2/c1-24(2,3)36-23(33)29-20(12-10-17-7-5-4-6-8-17)21(30)28-16-19-11-9-18(13-14-26(34)35)15-25(19,27)22(31)32;2-1-3/h4-8,18-20,34-35H,9-16,27H2,1-3H3,(H,28,30)(H,29,33)(H,31,32);/t18-,19-,20-,25+;/m0./s1. The molecule has 0 bridgehead atoms. The van der Waals surface area contributed by atoms with Gasteiger partial charge in [-0.05, 0) is 70.7 Å². The fourth-order valence-corrected chi connectivity index (χ4v) is 4.64. The second kappa shape index (κ2) is 16.0. The third kappa shape index (κ3) is 12.4. The molecule has 1 aliphatic carbocycles. The first-order valence-corrected chi connectivity index (χ1v) is 12.9. The molecule has 1 fully saturated rings. The van der Waals surface area contributed by atoms with Crippen LogP contribution in [-0.2, 0) is 30.3 Å². The average molecular weight is 549 g/mol. The van der Waals surface area contributed by atoms with E-state index in [4.69, 9.17) is 30.1 Å². The van der Waals surface area contributed by atoms with Crippen LogP contribution in [0.1, 0.15) is 58.4 Å². The summed E-state index contributed by atoms with van der Waals surface area (Å²) < 4.78 is 5.32. The lowest BCUT2D eigenvalue weighted by atomic mass is 9.66. The summed E-state index contributed by atoms with van der Waals surface area (Å²) in [6.45, 7) is 5.25. The van der Waals surface area contributed by atoms with Crippen molar-refractivity contribution < 1.29 is 43.9 Å². The van der Waals surface area contributed by atoms with Gasteiger partial charge in [0.1, 0.15) is 17.2 Å². The molecule has 13 heteroatoms. The number of carbonyl (C=O) groups is 3. The van der Waals surface area contributed by atoms with Gasteiger partial charge < -0.3 is 36.3 Å². The molecule has 0 unspecified atom stereocenters. The van der Waals surface area contributed by atoms with Crippen LogP contribution in [0.2, 0.25) is 6.32 Å². The van der Waals surface area contributed by atoms with Crippen LogP contribution in [0.15, 0.2) is 30.3 Å². The molecule has 2 rings (SSSR count). The van der Waals surface area contributed by atoms with E-state index in [1.165, 1.54) is 0 Å². The molecule has 0 radical (unpaired) electrons. The van der Waals surface area contributed by atoms with Gasteiger partial charge in [0.15, 0.2) is 0 Å². The van der Waals surface area contributed by atoms with Gasteiger partial charge in [-0.2, -0.15) is 9.59 Å². The molecule has 2 amide bonds. The third-order valence-electron chi connectivity index (χ3n) is 6.60. The summed E-state index contributed by atoms with van der Waals surface area (Å²) in [4.78, 5) is 53.8. The van der Waals surface area contributed by atoms with Gasteiger partial charge in [-0.1, -0.05) is 36.8 Å². The number of amides is 2. The molecule has 0 heterocycles. The molecule has 0 spiro atoms. The normalized spacial score (nSPS) is 21.3. The first kappa shape index (κ1) is 33.8. The van der Waals surface area contributed by atoms with E-state index >= 15 is 0 Å². The minimum atomic E-state index is -1.55. The molecular weight excluding hydrogens is 509 g/mol. The summed E-state index contributed by atoms with van der Waals surface area (Å²) >= 11 is 0. The molecule has 7 N–H and O–H groups in total. The van der Waals surface area contributed by atoms with Gasteiger partial charge in [0.05, 0.1) is 0 Å². The molecular formula is C26H40BN3O9. The molecule has 1 saturated carbocycles. The molecule has 39 heavy (non-hydrogen) atoms. The number of rotatable bonds is 11. The Morgan fingerprint density at radius 1 is 1.18 bits per heavy atom. The zero-order valence-electron chi connectivity index (χ0n) is 22.7. The number of ether oxygens (including phenoxy) is 1. The van der Waals surface area contributed by atoms with Crippen molar-refractivity contribution in [2.24, 2.45) is 17.6 Å². The molecule has 1 aromatic rings. The van der Waals surface area contributed by atoms with Gasteiger partial charge in [-0.25, -0.2) is 4.79 Å². The number of aliphatic carboxylic acids is 1. The van der Waals surface area contributed by atoms with Gasteiger partial charge in [0.2, 0.25) is 5.91 Å². The summed E-state index contributed by atoms with van der Waals surface area (Å²) in [5.74, 6) is -2.14. The minimum absolute atomic E-state index is 0.0488. The Hall–Kier alpha value is -3.25. The smallest absolute Gasteiger partial charge is 0.451 e. The number of hydrogen-bond acceptors (Lipinski definition) is 9. The van der Waals surface area contributed by atoms with Crippen molar-refractivity contribution in [3.8, 4) is 0 Å². The number of carboxylic acids is 1. The van der Waals surface area contributed by atoms with Crippen molar-refractivity contribution >= 4 is 31.2 Å². The first-order valence-electron chi connectivity index (χ1n) is 12.9.